The van der Waals surface area contributed by atoms with E-state index < -0.39 is 5.82 Å². The molecule has 6 heteroatoms. The fraction of sp³-hybridized carbons (Fsp3) is 0.632. The fourth-order valence-corrected chi connectivity index (χ4v) is 3.42. The summed E-state index contributed by atoms with van der Waals surface area (Å²) in [5.41, 5.74) is 0.377. The predicted molar refractivity (Wildman–Crippen MR) is 98.9 cm³/mol. The second-order valence-electron chi connectivity index (χ2n) is 6.33. The highest BCUT2D eigenvalue weighted by atomic mass is 19.1. The molecule has 1 aliphatic heterocycles. The Morgan fingerprint density at radius 3 is 2.72 bits per heavy atom. The number of hydrogen-bond donors (Lipinski definition) is 1. The van der Waals surface area contributed by atoms with Gasteiger partial charge in [0.25, 0.3) is 0 Å². The van der Waals surface area contributed by atoms with Gasteiger partial charge in [0.15, 0.2) is 5.96 Å². The molecule has 1 N–H and O–H groups in total. The molecule has 1 fully saturated rings. The van der Waals surface area contributed by atoms with Crippen LogP contribution in [0.25, 0.3) is 0 Å². The van der Waals surface area contributed by atoms with E-state index in [2.05, 4.69) is 34.0 Å². The van der Waals surface area contributed by atoms with Gasteiger partial charge in [-0.05, 0) is 56.6 Å². The van der Waals surface area contributed by atoms with Crippen molar-refractivity contribution in [3.05, 3.63) is 35.4 Å². The van der Waals surface area contributed by atoms with E-state index in [1.165, 1.54) is 12.1 Å². The van der Waals surface area contributed by atoms with Crippen molar-refractivity contribution in [1.82, 2.24) is 15.1 Å². The van der Waals surface area contributed by atoms with Crippen molar-refractivity contribution in [2.45, 2.75) is 39.7 Å². The number of nitrogens with zero attached hydrogens (tertiary/aromatic N) is 3. The van der Waals surface area contributed by atoms with Crippen molar-refractivity contribution in [3.8, 4) is 0 Å². The first kappa shape index (κ1) is 19.6. The molecular weight excluding hydrogens is 322 g/mol. The number of hydrogen-bond acceptors (Lipinski definition) is 2. The van der Waals surface area contributed by atoms with Crippen LogP contribution in [0.2, 0.25) is 0 Å². The highest BCUT2D eigenvalue weighted by molar-refractivity contribution is 5.80. The molecule has 1 aromatic rings. The van der Waals surface area contributed by atoms with E-state index in [1.54, 1.807) is 0 Å². The largest absolute Gasteiger partial charge is 0.357 e. The Hall–Kier alpha value is -1.69. The van der Waals surface area contributed by atoms with Gasteiger partial charge in [-0.2, -0.15) is 0 Å². The summed E-state index contributed by atoms with van der Waals surface area (Å²) in [5.74, 6) is 0.0900. The number of guanidine groups is 1. The minimum atomic E-state index is -0.408. The summed E-state index contributed by atoms with van der Waals surface area (Å²) >= 11 is 0. The SMILES string of the molecule is CCNC(=NCCc1cc(F)ccc1F)N1CCC(N(CC)CC)C1. The molecule has 0 spiro atoms. The molecule has 0 radical (unpaired) electrons. The molecule has 140 valence electrons. The van der Waals surface area contributed by atoms with Gasteiger partial charge in [-0.3, -0.25) is 9.89 Å². The summed E-state index contributed by atoms with van der Waals surface area (Å²) in [7, 11) is 0. The molecule has 1 unspecified atom stereocenters. The summed E-state index contributed by atoms with van der Waals surface area (Å²) in [6, 6.07) is 4.13. The summed E-state index contributed by atoms with van der Waals surface area (Å²) in [6.07, 6.45) is 1.52. The topological polar surface area (TPSA) is 30.9 Å². The molecule has 2 rings (SSSR count). The zero-order valence-electron chi connectivity index (χ0n) is 15.6. The van der Waals surface area contributed by atoms with E-state index in [4.69, 9.17) is 0 Å². The first-order valence-electron chi connectivity index (χ1n) is 9.30. The lowest BCUT2D eigenvalue weighted by atomic mass is 10.1. The van der Waals surface area contributed by atoms with Gasteiger partial charge in [0.1, 0.15) is 11.6 Å². The van der Waals surface area contributed by atoms with Gasteiger partial charge in [-0.1, -0.05) is 13.8 Å². The van der Waals surface area contributed by atoms with Crippen molar-refractivity contribution in [2.24, 2.45) is 4.99 Å². The molecular formula is C19H30F2N4. The van der Waals surface area contributed by atoms with E-state index >= 15 is 0 Å². The molecule has 1 heterocycles. The second kappa shape index (κ2) is 9.70. The first-order chi connectivity index (χ1) is 12.1. The molecule has 0 bridgehead atoms. The number of aliphatic imine (C=N–C) groups is 1. The highest BCUT2D eigenvalue weighted by Gasteiger charge is 2.27. The molecule has 1 aromatic carbocycles. The van der Waals surface area contributed by atoms with E-state index in [1.807, 2.05) is 6.92 Å². The smallest absolute Gasteiger partial charge is 0.193 e. The number of benzene rings is 1. The highest BCUT2D eigenvalue weighted by Crippen LogP contribution is 2.16. The van der Waals surface area contributed by atoms with E-state index in [9.17, 15) is 8.78 Å². The Morgan fingerprint density at radius 2 is 2.04 bits per heavy atom. The lowest BCUT2D eigenvalue weighted by Gasteiger charge is -2.27. The Morgan fingerprint density at radius 1 is 1.28 bits per heavy atom. The standard InChI is InChI=1S/C19H30F2N4/c1-4-22-19(25-12-10-17(14-25)24(5-2)6-3)23-11-9-15-13-16(20)7-8-18(15)21/h7-8,13,17H,4-6,9-12,14H2,1-3H3,(H,22,23). The van der Waals surface area contributed by atoms with Crippen LogP contribution in [0, 0.1) is 11.6 Å². The number of nitrogens with one attached hydrogen (secondary N) is 1. The lowest BCUT2D eigenvalue weighted by Crippen LogP contribution is -2.43. The van der Waals surface area contributed by atoms with Crippen LogP contribution in [0.15, 0.2) is 23.2 Å². The molecule has 25 heavy (non-hydrogen) atoms. The number of halogens is 2. The fourth-order valence-electron chi connectivity index (χ4n) is 3.42. The molecule has 1 saturated heterocycles. The third-order valence-corrected chi connectivity index (χ3v) is 4.78. The van der Waals surface area contributed by atoms with Gasteiger partial charge >= 0.3 is 0 Å². The number of likely N-dealkylation sites (N-methyl/N-ethyl adjacent to an activating group) is 1. The Labute approximate surface area is 149 Å². The van der Waals surface area contributed by atoms with Gasteiger partial charge in [0.05, 0.1) is 0 Å². The lowest BCUT2D eigenvalue weighted by molar-refractivity contribution is 0.223. The minimum Gasteiger partial charge on any atom is -0.357 e. The molecule has 1 aliphatic rings. The van der Waals surface area contributed by atoms with Gasteiger partial charge in [0.2, 0.25) is 0 Å². The van der Waals surface area contributed by atoms with Gasteiger partial charge in [0, 0.05) is 32.2 Å². The quantitative estimate of drug-likeness (QED) is 0.605. The second-order valence-corrected chi connectivity index (χ2v) is 6.33. The van der Waals surface area contributed by atoms with Gasteiger partial charge in [-0.25, -0.2) is 8.78 Å². The maximum Gasteiger partial charge on any atom is 0.193 e. The molecule has 1 atom stereocenters. The van der Waals surface area contributed by atoms with Crippen molar-refractivity contribution < 1.29 is 8.78 Å². The molecule has 0 amide bonds. The molecule has 0 aliphatic carbocycles. The average Bonchev–Trinajstić information content (AvgIpc) is 3.08. The zero-order valence-corrected chi connectivity index (χ0v) is 15.6. The minimum absolute atomic E-state index is 0.371. The number of rotatable bonds is 7. The third-order valence-electron chi connectivity index (χ3n) is 4.78. The number of likely N-dealkylation sites (tertiary alicyclic amines) is 1. The van der Waals surface area contributed by atoms with Crippen LogP contribution in [-0.4, -0.2) is 61.1 Å². The Balaban J connectivity index is 1.98. The maximum atomic E-state index is 13.7. The van der Waals surface area contributed by atoms with Crippen LogP contribution >= 0.6 is 0 Å². The summed E-state index contributed by atoms with van der Waals surface area (Å²) < 4.78 is 27.0. The van der Waals surface area contributed by atoms with E-state index in [-0.39, 0.29) is 5.82 Å². The summed E-state index contributed by atoms with van der Waals surface area (Å²) in [4.78, 5) is 9.38. The van der Waals surface area contributed by atoms with Crippen LogP contribution in [0.3, 0.4) is 0 Å². The normalized spacial score (nSPS) is 18.2. The third kappa shape index (κ3) is 5.39. The van der Waals surface area contributed by atoms with Crippen molar-refractivity contribution in [3.63, 3.8) is 0 Å². The van der Waals surface area contributed by atoms with Crippen LogP contribution in [0.1, 0.15) is 32.8 Å². The maximum absolute atomic E-state index is 13.7. The molecule has 0 aromatic heterocycles. The van der Waals surface area contributed by atoms with Crippen molar-refractivity contribution in [2.75, 3.05) is 39.3 Å². The monoisotopic (exact) mass is 352 g/mol. The first-order valence-corrected chi connectivity index (χ1v) is 9.30. The molecule has 0 saturated carbocycles. The van der Waals surface area contributed by atoms with Crippen molar-refractivity contribution in [1.29, 1.82) is 0 Å². The Bertz CT molecular complexity index is 573. The summed E-state index contributed by atoms with van der Waals surface area (Å²) in [5, 5.41) is 3.32. The van der Waals surface area contributed by atoms with E-state index in [0.717, 1.165) is 51.2 Å². The van der Waals surface area contributed by atoms with Crippen LogP contribution < -0.4 is 5.32 Å². The van der Waals surface area contributed by atoms with Crippen LogP contribution in [-0.2, 0) is 6.42 Å². The molecule has 4 nitrogen and oxygen atoms in total. The van der Waals surface area contributed by atoms with Gasteiger partial charge in [-0.15, -0.1) is 0 Å². The van der Waals surface area contributed by atoms with E-state index in [0.29, 0.717) is 24.6 Å². The predicted octanol–water partition coefficient (Wildman–Crippen LogP) is 2.89. The Kier molecular flexibility index (Phi) is 7.62. The van der Waals surface area contributed by atoms with Gasteiger partial charge < -0.3 is 10.2 Å². The van der Waals surface area contributed by atoms with Crippen molar-refractivity contribution >= 4 is 5.96 Å². The average molecular weight is 352 g/mol. The van der Waals surface area contributed by atoms with Crippen LogP contribution in [0.5, 0.6) is 0 Å². The zero-order chi connectivity index (χ0) is 18.2. The van der Waals surface area contributed by atoms with Crippen LogP contribution in [0.4, 0.5) is 8.78 Å². The summed E-state index contributed by atoms with van der Waals surface area (Å²) in [6.45, 7) is 11.7.